The summed E-state index contributed by atoms with van der Waals surface area (Å²) in [5.74, 6) is 1.45. The first kappa shape index (κ1) is 15.8. The predicted octanol–water partition coefficient (Wildman–Crippen LogP) is 2.91. The van der Waals surface area contributed by atoms with E-state index in [1.807, 2.05) is 19.1 Å². The standard InChI is InChI=1S/C17H27N3O/c1-3-4-5-11-18-17(21)15-9-12-20(13-10-15)16-8-6-7-14(2)19-16/h6-8,15H,3-5,9-13H2,1-2H3,(H,18,21). The second-order valence-electron chi connectivity index (χ2n) is 5.90. The van der Waals surface area contributed by atoms with Gasteiger partial charge in [-0.1, -0.05) is 25.8 Å². The monoisotopic (exact) mass is 289 g/mol. The maximum atomic E-state index is 12.1. The minimum absolute atomic E-state index is 0.174. The Bertz CT molecular complexity index is 453. The average Bonchev–Trinajstić information content (AvgIpc) is 2.51. The van der Waals surface area contributed by atoms with Gasteiger partial charge in [0, 0.05) is 31.2 Å². The van der Waals surface area contributed by atoms with Crippen molar-refractivity contribution in [2.75, 3.05) is 24.5 Å². The molecule has 0 unspecified atom stereocenters. The van der Waals surface area contributed by atoms with Crippen LogP contribution >= 0.6 is 0 Å². The maximum Gasteiger partial charge on any atom is 0.223 e. The van der Waals surface area contributed by atoms with Gasteiger partial charge in [0.2, 0.25) is 5.91 Å². The first-order chi connectivity index (χ1) is 10.2. The molecule has 1 saturated heterocycles. The number of carbonyl (C=O) groups is 1. The third kappa shape index (κ3) is 4.73. The number of nitrogens with zero attached hydrogens (tertiary/aromatic N) is 2. The lowest BCUT2D eigenvalue weighted by Crippen LogP contribution is -2.41. The molecule has 1 aromatic heterocycles. The molecule has 0 atom stereocenters. The number of piperidine rings is 1. The summed E-state index contributed by atoms with van der Waals surface area (Å²) in [7, 11) is 0. The Morgan fingerprint density at radius 1 is 1.33 bits per heavy atom. The SMILES string of the molecule is CCCCCNC(=O)C1CCN(c2cccc(C)n2)CC1. The largest absolute Gasteiger partial charge is 0.357 e. The lowest BCUT2D eigenvalue weighted by Gasteiger charge is -2.32. The molecule has 0 saturated carbocycles. The topological polar surface area (TPSA) is 45.2 Å². The summed E-state index contributed by atoms with van der Waals surface area (Å²) < 4.78 is 0. The maximum absolute atomic E-state index is 12.1. The van der Waals surface area contributed by atoms with E-state index in [-0.39, 0.29) is 11.8 Å². The van der Waals surface area contributed by atoms with Crippen molar-refractivity contribution in [3.8, 4) is 0 Å². The quantitative estimate of drug-likeness (QED) is 0.819. The van der Waals surface area contributed by atoms with Crippen LogP contribution < -0.4 is 10.2 Å². The number of pyridine rings is 1. The Morgan fingerprint density at radius 3 is 2.76 bits per heavy atom. The van der Waals surface area contributed by atoms with E-state index >= 15 is 0 Å². The van der Waals surface area contributed by atoms with Gasteiger partial charge in [-0.25, -0.2) is 4.98 Å². The van der Waals surface area contributed by atoms with Gasteiger partial charge in [-0.2, -0.15) is 0 Å². The summed E-state index contributed by atoms with van der Waals surface area (Å²) in [5.41, 5.74) is 1.04. The normalized spacial score (nSPS) is 16.0. The van der Waals surface area contributed by atoms with Crippen molar-refractivity contribution in [2.24, 2.45) is 5.92 Å². The van der Waals surface area contributed by atoms with Crippen LogP contribution in [0.15, 0.2) is 18.2 Å². The van der Waals surface area contributed by atoms with E-state index in [1.165, 1.54) is 12.8 Å². The molecular weight excluding hydrogens is 262 g/mol. The van der Waals surface area contributed by atoms with Crippen molar-refractivity contribution >= 4 is 11.7 Å². The van der Waals surface area contributed by atoms with Gasteiger partial charge < -0.3 is 10.2 Å². The zero-order valence-electron chi connectivity index (χ0n) is 13.3. The van der Waals surface area contributed by atoms with Crippen molar-refractivity contribution in [2.45, 2.75) is 46.0 Å². The highest BCUT2D eigenvalue weighted by Gasteiger charge is 2.25. The van der Waals surface area contributed by atoms with Crippen LogP contribution in [0.3, 0.4) is 0 Å². The number of unbranched alkanes of at least 4 members (excludes halogenated alkanes) is 2. The van der Waals surface area contributed by atoms with Crippen molar-refractivity contribution in [1.29, 1.82) is 0 Å². The summed E-state index contributed by atoms with van der Waals surface area (Å²) in [5, 5.41) is 3.08. The zero-order chi connectivity index (χ0) is 15.1. The van der Waals surface area contributed by atoms with Crippen LogP contribution in [0.4, 0.5) is 5.82 Å². The first-order valence-electron chi connectivity index (χ1n) is 8.17. The number of carbonyl (C=O) groups excluding carboxylic acids is 1. The molecule has 21 heavy (non-hydrogen) atoms. The lowest BCUT2D eigenvalue weighted by atomic mass is 9.96. The lowest BCUT2D eigenvalue weighted by molar-refractivity contribution is -0.125. The fourth-order valence-electron chi connectivity index (χ4n) is 2.81. The third-order valence-electron chi connectivity index (χ3n) is 4.14. The van der Waals surface area contributed by atoms with Crippen LogP contribution in [0.5, 0.6) is 0 Å². The number of hydrogen-bond donors (Lipinski definition) is 1. The third-order valence-corrected chi connectivity index (χ3v) is 4.14. The minimum Gasteiger partial charge on any atom is -0.357 e. The number of aryl methyl sites for hydroxylation is 1. The van der Waals surface area contributed by atoms with E-state index in [2.05, 4.69) is 28.2 Å². The van der Waals surface area contributed by atoms with E-state index < -0.39 is 0 Å². The van der Waals surface area contributed by atoms with Crippen LogP contribution in [0, 0.1) is 12.8 Å². The van der Waals surface area contributed by atoms with Crippen LogP contribution in [0.25, 0.3) is 0 Å². The molecule has 1 N–H and O–H groups in total. The molecule has 1 amide bonds. The smallest absolute Gasteiger partial charge is 0.223 e. The van der Waals surface area contributed by atoms with E-state index in [0.717, 1.165) is 50.4 Å². The van der Waals surface area contributed by atoms with Crippen LogP contribution in [-0.2, 0) is 4.79 Å². The van der Waals surface area contributed by atoms with Crippen molar-refractivity contribution in [3.63, 3.8) is 0 Å². The predicted molar refractivity (Wildman–Crippen MR) is 86.4 cm³/mol. The fraction of sp³-hybridized carbons (Fsp3) is 0.647. The molecular formula is C17H27N3O. The average molecular weight is 289 g/mol. The number of anilines is 1. The number of nitrogens with one attached hydrogen (secondary N) is 1. The number of aromatic nitrogens is 1. The molecule has 0 spiro atoms. The number of amides is 1. The molecule has 1 aliphatic rings. The molecule has 0 radical (unpaired) electrons. The van der Waals surface area contributed by atoms with Crippen LogP contribution in [0.2, 0.25) is 0 Å². The Labute approximate surface area is 127 Å². The van der Waals surface area contributed by atoms with Gasteiger partial charge in [-0.15, -0.1) is 0 Å². The molecule has 1 aliphatic heterocycles. The number of hydrogen-bond acceptors (Lipinski definition) is 3. The molecule has 0 aromatic carbocycles. The van der Waals surface area contributed by atoms with Crippen molar-refractivity contribution in [3.05, 3.63) is 23.9 Å². The molecule has 2 rings (SSSR count). The molecule has 0 aliphatic carbocycles. The second-order valence-corrected chi connectivity index (χ2v) is 5.90. The zero-order valence-corrected chi connectivity index (χ0v) is 13.3. The van der Waals surface area contributed by atoms with Gasteiger partial charge in [-0.05, 0) is 38.3 Å². The Balaban J connectivity index is 1.76. The summed E-state index contributed by atoms with van der Waals surface area (Å²) >= 11 is 0. The first-order valence-corrected chi connectivity index (χ1v) is 8.17. The van der Waals surface area contributed by atoms with E-state index in [4.69, 9.17) is 0 Å². The highest BCUT2D eigenvalue weighted by molar-refractivity contribution is 5.78. The second kappa shape index (κ2) is 8.01. The van der Waals surface area contributed by atoms with E-state index in [9.17, 15) is 4.79 Å². The summed E-state index contributed by atoms with van der Waals surface area (Å²) in [4.78, 5) is 19.0. The van der Waals surface area contributed by atoms with Crippen LogP contribution in [-0.4, -0.2) is 30.5 Å². The van der Waals surface area contributed by atoms with E-state index in [1.54, 1.807) is 0 Å². The summed E-state index contributed by atoms with van der Waals surface area (Å²) in [6.07, 6.45) is 5.33. The Morgan fingerprint density at radius 2 is 2.10 bits per heavy atom. The van der Waals surface area contributed by atoms with Gasteiger partial charge in [-0.3, -0.25) is 4.79 Å². The van der Waals surface area contributed by atoms with E-state index in [0.29, 0.717) is 0 Å². The Hall–Kier alpha value is -1.58. The summed E-state index contributed by atoms with van der Waals surface area (Å²) in [6, 6.07) is 6.11. The fourth-order valence-corrected chi connectivity index (χ4v) is 2.81. The number of rotatable bonds is 6. The molecule has 2 heterocycles. The minimum atomic E-state index is 0.174. The Kier molecular flexibility index (Phi) is 6.03. The molecule has 116 valence electrons. The summed E-state index contributed by atoms with van der Waals surface area (Å²) in [6.45, 7) is 6.86. The molecule has 1 aromatic rings. The molecule has 0 bridgehead atoms. The van der Waals surface area contributed by atoms with Crippen LogP contribution in [0.1, 0.15) is 44.7 Å². The van der Waals surface area contributed by atoms with Gasteiger partial charge in [0.25, 0.3) is 0 Å². The van der Waals surface area contributed by atoms with Gasteiger partial charge in [0.1, 0.15) is 5.82 Å². The van der Waals surface area contributed by atoms with Gasteiger partial charge >= 0.3 is 0 Å². The van der Waals surface area contributed by atoms with Gasteiger partial charge in [0.15, 0.2) is 0 Å². The van der Waals surface area contributed by atoms with Crippen molar-refractivity contribution in [1.82, 2.24) is 10.3 Å². The van der Waals surface area contributed by atoms with Gasteiger partial charge in [0.05, 0.1) is 0 Å². The molecule has 4 heteroatoms. The highest BCUT2D eigenvalue weighted by Crippen LogP contribution is 2.22. The highest BCUT2D eigenvalue weighted by atomic mass is 16.1. The van der Waals surface area contributed by atoms with Crippen molar-refractivity contribution < 1.29 is 4.79 Å². The molecule has 1 fully saturated rings. The molecule has 4 nitrogen and oxygen atoms in total.